The number of benzene rings is 2. The van der Waals surface area contributed by atoms with E-state index in [-0.39, 0.29) is 17.7 Å². The maximum absolute atomic E-state index is 12.5. The highest BCUT2D eigenvalue weighted by Crippen LogP contribution is 2.32. The minimum absolute atomic E-state index is 0.0472. The molecule has 1 heterocycles. The summed E-state index contributed by atoms with van der Waals surface area (Å²) in [6, 6.07) is 13.5. The predicted octanol–water partition coefficient (Wildman–Crippen LogP) is 5.85. The number of rotatable bonds is 6. The number of hydrogen-bond donors (Lipinski definition) is 2. The fourth-order valence-electron chi connectivity index (χ4n) is 3.68. The van der Waals surface area contributed by atoms with E-state index in [9.17, 15) is 9.59 Å². The van der Waals surface area contributed by atoms with E-state index in [4.69, 9.17) is 0 Å². The Morgan fingerprint density at radius 1 is 1.10 bits per heavy atom. The second-order valence-corrected chi connectivity index (χ2v) is 9.89. The normalized spacial score (nSPS) is 14.6. The maximum atomic E-state index is 12.5. The van der Waals surface area contributed by atoms with Gasteiger partial charge in [0, 0.05) is 17.3 Å². The number of amides is 2. The SMILES string of the molecule is Cc1ccccc1NC(=O)CSc1nc2ccc(NC(=O)C3CCCCC3)cc2s1. The Morgan fingerprint density at radius 3 is 2.70 bits per heavy atom. The average Bonchev–Trinajstić information content (AvgIpc) is 3.17. The number of thiazole rings is 1. The number of para-hydroxylation sites is 1. The van der Waals surface area contributed by atoms with Crippen LogP contribution in [-0.4, -0.2) is 22.6 Å². The van der Waals surface area contributed by atoms with E-state index < -0.39 is 0 Å². The van der Waals surface area contributed by atoms with Gasteiger partial charge in [-0.2, -0.15) is 0 Å². The Kier molecular flexibility index (Phi) is 6.69. The van der Waals surface area contributed by atoms with E-state index in [0.29, 0.717) is 5.75 Å². The molecule has 1 fully saturated rings. The maximum Gasteiger partial charge on any atom is 0.234 e. The Labute approximate surface area is 184 Å². The first kappa shape index (κ1) is 20.9. The molecule has 1 aliphatic rings. The van der Waals surface area contributed by atoms with Crippen molar-refractivity contribution in [2.24, 2.45) is 5.92 Å². The van der Waals surface area contributed by atoms with Crippen LogP contribution in [-0.2, 0) is 9.59 Å². The molecule has 30 heavy (non-hydrogen) atoms. The smallest absolute Gasteiger partial charge is 0.234 e. The molecule has 0 saturated heterocycles. The summed E-state index contributed by atoms with van der Waals surface area (Å²) in [6.45, 7) is 1.97. The number of nitrogens with one attached hydrogen (secondary N) is 2. The minimum atomic E-state index is -0.0472. The van der Waals surface area contributed by atoms with Gasteiger partial charge in [-0.3, -0.25) is 9.59 Å². The monoisotopic (exact) mass is 439 g/mol. The van der Waals surface area contributed by atoms with Crippen molar-refractivity contribution in [3.8, 4) is 0 Å². The molecule has 2 aromatic carbocycles. The highest BCUT2D eigenvalue weighted by atomic mass is 32.2. The highest BCUT2D eigenvalue weighted by Gasteiger charge is 2.21. The van der Waals surface area contributed by atoms with E-state index in [1.807, 2.05) is 49.4 Å². The van der Waals surface area contributed by atoms with Crippen LogP contribution >= 0.6 is 23.1 Å². The van der Waals surface area contributed by atoms with E-state index in [2.05, 4.69) is 15.6 Å². The van der Waals surface area contributed by atoms with Crippen LogP contribution in [0.4, 0.5) is 11.4 Å². The molecule has 1 aromatic heterocycles. The second kappa shape index (κ2) is 9.62. The first-order valence-corrected chi connectivity index (χ1v) is 12.1. The zero-order valence-corrected chi connectivity index (χ0v) is 18.6. The van der Waals surface area contributed by atoms with Crippen molar-refractivity contribution in [1.29, 1.82) is 0 Å². The van der Waals surface area contributed by atoms with Crippen LogP contribution in [0.3, 0.4) is 0 Å². The number of carbonyl (C=O) groups is 2. The van der Waals surface area contributed by atoms with Crippen LogP contribution in [0.25, 0.3) is 10.2 Å². The Balaban J connectivity index is 1.35. The first-order valence-electron chi connectivity index (χ1n) is 10.3. The summed E-state index contributed by atoms with van der Waals surface area (Å²) < 4.78 is 1.86. The Hall–Kier alpha value is -2.38. The molecule has 0 aliphatic heterocycles. The topological polar surface area (TPSA) is 71.1 Å². The van der Waals surface area contributed by atoms with Gasteiger partial charge in [-0.25, -0.2) is 4.98 Å². The summed E-state index contributed by atoms with van der Waals surface area (Å²) in [4.78, 5) is 29.4. The van der Waals surface area contributed by atoms with Gasteiger partial charge in [0.1, 0.15) is 0 Å². The van der Waals surface area contributed by atoms with Gasteiger partial charge < -0.3 is 10.6 Å². The molecule has 1 aliphatic carbocycles. The van der Waals surface area contributed by atoms with Crippen LogP contribution in [0.2, 0.25) is 0 Å². The van der Waals surface area contributed by atoms with Gasteiger partial charge >= 0.3 is 0 Å². The lowest BCUT2D eigenvalue weighted by Gasteiger charge is -2.20. The zero-order chi connectivity index (χ0) is 20.9. The molecule has 5 nitrogen and oxygen atoms in total. The van der Waals surface area contributed by atoms with Crippen LogP contribution in [0.5, 0.6) is 0 Å². The van der Waals surface area contributed by atoms with E-state index >= 15 is 0 Å². The molecule has 156 valence electrons. The van der Waals surface area contributed by atoms with Gasteiger partial charge in [0.2, 0.25) is 11.8 Å². The fourth-order valence-corrected chi connectivity index (χ4v) is 5.59. The van der Waals surface area contributed by atoms with Crippen molar-refractivity contribution in [3.63, 3.8) is 0 Å². The number of aryl methyl sites for hydroxylation is 1. The van der Waals surface area contributed by atoms with Gasteiger partial charge in [-0.05, 0) is 49.6 Å². The summed E-state index contributed by atoms with van der Waals surface area (Å²) in [5.74, 6) is 0.517. The molecule has 4 rings (SSSR count). The lowest BCUT2D eigenvalue weighted by atomic mass is 9.88. The summed E-state index contributed by atoms with van der Waals surface area (Å²) in [5, 5.41) is 6.01. The molecular weight excluding hydrogens is 414 g/mol. The zero-order valence-electron chi connectivity index (χ0n) is 16.9. The van der Waals surface area contributed by atoms with Crippen molar-refractivity contribution < 1.29 is 9.59 Å². The molecule has 0 spiro atoms. The second-order valence-electron chi connectivity index (χ2n) is 7.64. The van der Waals surface area contributed by atoms with Crippen molar-refractivity contribution in [2.45, 2.75) is 43.4 Å². The van der Waals surface area contributed by atoms with Gasteiger partial charge in [0.05, 0.1) is 16.0 Å². The van der Waals surface area contributed by atoms with Gasteiger partial charge in [-0.1, -0.05) is 49.2 Å². The summed E-state index contributed by atoms with van der Waals surface area (Å²) in [7, 11) is 0. The lowest BCUT2D eigenvalue weighted by molar-refractivity contribution is -0.120. The molecule has 0 radical (unpaired) electrons. The lowest BCUT2D eigenvalue weighted by Crippen LogP contribution is -2.24. The average molecular weight is 440 g/mol. The van der Waals surface area contributed by atoms with Crippen molar-refractivity contribution in [1.82, 2.24) is 4.98 Å². The Bertz CT molecular complexity index is 1060. The summed E-state index contributed by atoms with van der Waals surface area (Å²) in [5.41, 5.74) is 3.58. The third kappa shape index (κ3) is 5.21. The standard InChI is InChI=1S/C23H25N3O2S2/c1-15-7-5-6-10-18(15)25-21(27)14-29-23-26-19-12-11-17(13-20(19)30-23)24-22(28)16-8-3-2-4-9-16/h5-7,10-13,16H,2-4,8-9,14H2,1H3,(H,24,28)(H,25,27). The number of thioether (sulfide) groups is 1. The molecular formula is C23H25N3O2S2. The molecule has 2 N–H and O–H groups in total. The van der Waals surface area contributed by atoms with E-state index in [0.717, 1.165) is 57.2 Å². The van der Waals surface area contributed by atoms with Gasteiger partial charge in [0.25, 0.3) is 0 Å². The number of carbonyl (C=O) groups excluding carboxylic acids is 2. The first-order chi connectivity index (χ1) is 14.6. The predicted molar refractivity (Wildman–Crippen MR) is 125 cm³/mol. The number of hydrogen-bond acceptors (Lipinski definition) is 5. The number of aromatic nitrogens is 1. The quantitative estimate of drug-likeness (QED) is 0.472. The third-order valence-corrected chi connectivity index (χ3v) is 7.52. The summed E-state index contributed by atoms with van der Waals surface area (Å²) >= 11 is 2.98. The fraction of sp³-hybridized carbons (Fsp3) is 0.348. The van der Waals surface area contributed by atoms with Crippen molar-refractivity contribution >= 4 is 56.5 Å². The number of fused-ring (bicyclic) bond motifs is 1. The van der Waals surface area contributed by atoms with E-state index in [1.54, 1.807) is 11.3 Å². The molecule has 2 amide bonds. The van der Waals surface area contributed by atoms with Crippen LogP contribution in [0.15, 0.2) is 46.8 Å². The van der Waals surface area contributed by atoms with Gasteiger partial charge in [0.15, 0.2) is 4.34 Å². The minimum Gasteiger partial charge on any atom is -0.326 e. The van der Waals surface area contributed by atoms with Crippen molar-refractivity contribution in [2.75, 3.05) is 16.4 Å². The molecule has 1 saturated carbocycles. The number of anilines is 2. The van der Waals surface area contributed by atoms with E-state index in [1.165, 1.54) is 18.2 Å². The van der Waals surface area contributed by atoms with Crippen LogP contribution in [0, 0.1) is 12.8 Å². The molecule has 0 unspecified atom stereocenters. The van der Waals surface area contributed by atoms with Crippen LogP contribution < -0.4 is 10.6 Å². The molecule has 7 heteroatoms. The highest BCUT2D eigenvalue weighted by molar-refractivity contribution is 8.01. The van der Waals surface area contributed by atoms with Crippen LogP contribution in [0.1, 0.15) is 37.7 Å². The Morgan fingerprint density at radius 2 is 1.90 bits per heavy atom. The summed E-state index contributed by atoms with van der Waals surface area (Å²) in [6.07, 6.45) is 5.49. The molecule has 0 bridgehead atoms. The van der Waals surface area contributed by atoms with Crippen molar-refractivity contribution in [3.05, 3.63) is 48.0 Å². The third-order valence-electron chi connectivity index (χ3n) is 5.36. The number of nitrogens with zero attached hydrogens (tertiary/aromatic N) is 1. The molecule has 0 atom stereocenters. The largest absolute Gasteiger partial charge is 0.326 e. The molecule has 3 aromatic rings. The van der Waals surface area contributed by atoms with Gasteiger partial charge in [-0.15, -0.1) is 11.3 Å².